The lowest BCUT2D eigenvalue weighted by molar-refractivity contribution is -0.125. The van der Waals surface area contributed by atoms with Crippen molar-refractivity contribution in [2.45, 2.75) is 13.0 Å². The molecular formula is C21H25ClN4O2. The number of halogens is 1. The number of urea groups is 1. The van der Waals surface area contributed by atoms with Gasteiger partial charge in [-0.2, -0.15) is 0 Å². The molecule has 1 fully saturated rings. The van der Waals surface area contributed by atoms with Crippen LogP contribution in [0.15, 0.2) is 48.5 Å². The van der Waals surface area contributed by atoms with E-state index in [4.69, 9.17) is 11.6 Å². The van der Waals surface area contributed by atoms with Gasteiger partial charge < -0.3 is 10.2 Å². The Morgan fingerprint density at radius 1 is 1.04 bits per heavy atom. The number of imide groups is 1. The lowest BCUT2D eigenvalue weighted by Crippen LogP contribution is -2.52. The highest BCUT2D eigenvalue weighted by atomic mass is 35.5. The van der Waals surface area contributed by atoms with Crippen molar-refractivity contribution in [2.24, 2.45) is 0 Å². The number of nitrogens with one attached hydrogen (secondary N) is 2. The maximum Gasteiger partial charge on any atom is 0.321 e. The first-order valence-corrected chi connectivity index (χ1v) is 9.70. The average molecular weight is 401 g/mol. The summed E-state index contributed by atoms with van der Waals surface area (Å²) in [4.78, 5) is 28.9. The fraction of sp³-hybridized carbons (Fsp3) is 0.333. The Hall–Kier alpha value is -2.57. The average Bonchev–Trinajstić information content (AvgIpc) is 2.71. The molecule has 3 amide bonds. The second-order valence-corrected chi connectivity index (χ2v) is 7.27. The van der Waals surface area contributed by atoms with Gasteiger partial charge in [-0.15, -0.1) is 0 Å². The van der Waals surface area contributed by atoms with Gasteiger partial charge in [0.1, 0.15) is 6.04 Å². The highest BCUT2D eigenvalue weighted by Crippen LogP contribution is 2.28. The van der Waals surface area contributed by atoms with E-state index in [1.807, 2.05) is 48.5 Å². The van der Waals surface area contributed by atoms with Gasteiger partial charge in [-0.1, -0.05) is 48.0 Å². The molecule has 2 aromatic carbocycles. The summed E-state index contributed by atoms with van der Waals surface area (Å²) in [6, 6.07) is 14.4. The molecule has 0 aromatic heterocycles. The summed E-state index contributed by atoms with van der Waals surface area (Å²) in [5, 5.41) is 5.58. The largest absolute Gasteiger partial charge is 0.369 e. The molecule has 0 saturated carbocycles. The molecule has 1 atom stereocenters. The molecule has 2 aromatic rings. The van der Waals surface area contributed by atoms with Crippen LogP contribution in [-0.4, -0.2) is 50.1 Å². The van der Waals surface area contributed by atoms with Crippen molar-refractivity contribution in [1.29, 1.82) is 0 Å². The number of carbonyl (C=O) groups is 2. The number of amides is 3. The van der Waals surface area contributed by atoms with E-state index < -0.39 is 12.1 Å². The minimum Gasteiger partial charge on any atom is -0.369 e. The zero-order valence-corrected chi connectivity index (χ0v) is 16.9. The van der Waals surface area contributed by atoms with Crippen molar-refractivity contribution in [3.8, 4) is 0 Å². The molecule has 28 heavy (non-hydrogen) atoms. The molecule has 0 radical (unpaired) electrons. The fourth-order valence-electron chi connectivity index (χ4n) is 3.55. The molecule has 0 spiro atoms. The normalized spacial score (nSPS) is 15.8. The highest BCUT2D eigenvalue weighted by Gasteiger charge is 2.31. The van der Waals surface area contributed by atoms with Crippen LogP contribution in [0.5, 0.6) is 0 Å². The monoisotopic (exact) mass is 400 g/mol. The second-order valence-electron chi connectivity index (χ2n) is 6.84. The Balaban J connectivity index is 1.76. The minimum atomic E-state index is -0.513. The van der Waals surface area contributed by atoms with E-state index in [2.05, 4.69) is 27.4 Å². The van der Waals surface area contributed by atoms with Crippen molar-refractivity contribution in [1.82, 2.24) is 15.5 Å². The van der Waals surface area contributed by atoms with Crippen LogP contribution in [0.1, 0.15) is 17.2 Å². The second kappa shape index (κ2) is 9.08. The predicted octanol–water partition coefficient (Wildman–Crippen LogP) is 2.97. The molecule has 2 N–H and O–H groups in total. The Morgan fingerprint density at radius 3 is 2.36 bits per heavy atom. The summed E-state index contributed by atoms with van der Waals surface area (Å²) in [6.45, 7) is 5.02. The van der Waals surface area contributed by atoms with E-state index in [0.29, 0.717) is 13.1 Å². The molecule has 3 rings (SSSR count). The van der Waals surface area contributed by atoms with Gasteiger partial charge >= 0.3 is 6.03 Å². The van der Waals surface area contributed by atoms with Gasteiger partial charge in [0, 0.05) is 43.9 Å². The van der Waals surface area contributed by atoms with E-state index in [1.165, 1.54) is 12.6 Å². The number of piperazine rings is 1. The third-order valence-electron chi connectivity index (χ3n) is 5.02. The first kappa shape index (κ1) is 20.2. The molecule has 7 heteroatoms. The van der Waals surface area contributed by atoms with Gasteiger partial charge in [0.25, 0.3) is 0 Å². The SMILES string of the molecule is CNC(=O)NC(=O)[C@H](c1ccccc1)N1CCN(c2cc(Cl)ccc2C)CC1. The summed E-state index contributed by atoms with van der Waals surface area (Å²) < 4.78 is 0. The van der Waals surface area contributed by atoms with E-state index >= 15 is 0 Å². The fourth-order valence-corrected chi connectivity index (χ4v) is 3.72. The van der Waals surface area contributed by atoms with Crippen molar-refractivity contribution >= 4 is 29.2 Å². The first-order valence-electron chi connectivity index (χ1n) is 9.32. The van der Waals surface area contributed by atoms with E-state index in [-0.39, 0.29) is 5.91 Å². The van der Waals surface area contributed by atoms with Crippen LogP contribution in [0.25, 0.3) is 0 Å². The van der Waals surface area contributed by atoms with Crippen LogP contribution in [0, 0.1) is 6.92 Å². The number of nitrogens with zero attached hydrogens (tertiary/aromatic N) is 2. The van der Waals surface area contributed by atoms with Crippen molar-refractivity contribution < 1.29 is 9.59 Å². The van der Waals surface area contributed by atoms with Gasteiger partial charge in [0.05, 0.1) is 0 Å². The predicted molar refractivity (Wildman–Crippen MR) is 112 cm³/mol. The number of rotatable bonds is 4. The third kappa shape index (κ3) is 4.64. The Labute approximate surface area is 170 Å². The van der Waals surface area contributed by atoms with Crippen LogP contribution in [0.4, 0.5) is 10.5 Å². The van der Waals surface area contributed by atoms with Gasteiger partial charge in [0.15, 0.2) is 0 Å². The number of hydrogen-bond acceptors (Lipinski definition) is 4. The molecular weight excluding hydrogens is 376 g/mol. The van der Waals surface area contributed by atoms with Crippen LogP contribution < -0.4 is 15.5 Å². The zero-order chi connectivity index (χ0) is 20.1. The van der Waals surface area contributed by atoms with E-state index in [0.717, 1.165) is 29.4 Å². The molecule has 1 saturated heterocycles. The quantitative estimate of drug-likeness (QED) is 0.828. The number of hydrogen-bond donors (Lipinski definition) is 2. The lowest BCUT2D eigenvalue weighted by atomic mass is 10.0. The topological polar surface area (TPSA) is 64.7 Å². The number of aryl methyl sites for hydroxylation is 1. The zero-order valence-electron chi connectivity index (χ0n) is 16.1. The lowest BCUT2D eigenvalue weighted by Gasteiger charge is -2.40. The Bertz CT molecular complexity index is 836. The van der Waals surface area contributed by atoms with Crippen LogP contribution in [0.2, 0.25) is 5.02 Å². The molecule has 0 bridgehead atoms. The molecule has 6 nitrogen and oxygen atoms in total. The van der Waals surface area contributed by atoms with Crippen molar-refractivity contribution in [3.63, 3.8) is 0 Å². The Kier molecular flexibility index (Phi) is 6.54. The van der Waals surface area contributed by atoms with Crippen LogP contribution in [0.3, 0.4) is 0 Å². The van der Waals surface area contributed by atoms with Gasteiger partial charge in [-0.3, -0.25) is 15.0 Å². The van der Waals surface area contributed by atoms with Crippen molar-refractivity contribution in [3.05, 3.63) is 64.7 Å². The van der Waals surface area contributed by atoms with Crippen molar-refractivity contribution in [2.75, 3.05) is 38.1 Å². The van der Waals surface area contributed by atoms with Gasteiger partial charge in [-0.25, -0.2) is 4.79 Å². The maximum atomic E-state index is 12.8. The molecule has 148 valence electrons. The minimum absolute atomic E-state index is 0.321. The summed E-state index contributed by atoms with van der Waals surface area (Å²) >= 11 is 6.17. The highest BCUT2D eigenvalue weighted by molar-refractivity contribution is 6.30. The smallest absolute Gasteiger partial charge is 0.321 e. The van der Waals surface area contributed by atoms with E-state index in [1.54, 1.807) is 0 Å². The van der Waals surface area contributed by atoms with Crippen LogP contribution >= 0.6 is 11.6 Å². The summed E-state index contributed by atoms with van der Waals surface area (Å²) in [6.07, 6.45) is 0. The molecule has 1 aliphatic rings. The van der Waals surface area contributed by atoms with E-state index in [9.17, 15) is 9.59 Å². The van der Waals surface area contributed by atoms with Gasteiger partial charge in [-0.05, 0) is 30.2 Å². The standard InChI is InChI=1S/C21H25ClN4O2/c1-15-8-9-17(22)14-18(15)25-10-12-26(13-11-25)19(16-6-4-3-5-7-16)20(27)24-21(28)23-2/h3-9,14,19H,10-13H2,1-2H3,(H2,23,24,27,28)/t19-/m0/s1. The summed E-state index contributed by atoms with van der Waals surface area (Å²) in [5.41, 5.74) is 3.17. The number of anilines is 1. The summed E-state index contributed by atoms with van der Waals surface area (Å²) in [7, 11) is 1.49. The maximum absolute atomic E-state index is 12.8. The third-order valence-corrected chi connectivity index (χ3v) is 5.25. The molecule has 1 aliphatic heterocycles. The van der Waals surface area contributed by atoms with Gasteiger partial charge in [0.2, 0.25) is 5.91 Å². The molecule has 1 heterocycles. The summed E-state index contributed by atoms with van der Waals surface area (Å²) in [5.74, 6) is -0.321. The van der Waals surface area contributed by atoms with Crippen LogP contribution in [-0.2, 0) is 4.79 Å². The number of benzene rings is 2. The molecule has 0 unspecified atom stereocenters. The first-order chi connectivity index (χ1) is 13.5. The number of carbonyl (C=O) groups excluding carboxylic acids is 2. The Morgan fingerprint density at radius 2 is 1.71 bits per heavy atom. The molecule has 0 aliphatic carbocycles.